The van der Waals surface area contributed by atoms with Crippen molar-refractivity contribution in [3.63, 3.8) is 0 Å². The van der Waals surface area contributed by atoms with Gasteiger partial charge in [-0.2, -0.15) is 12.7 Å². The molecule has 0 spiro atoms. The van der Waals surface area contributed by atoms with Crippen molar-refractivity contribution in [2.45, 2.75) is 0 Å². The van der Waals surface area contributed by atoms with Gasteiger partial charge < -0.3 is 4.74 Å². The Morgan fingerprint density at radius 2 is 2.00 bits per heavy atom. The smallest absolute Gasteiger partial charge is 0.301 e. The molecule has 0 atom stereocenters. The van der Waals surface area contributed by atoms with Crippen LogP contribution in [0, 0.1) is 3.57 Å². The highest BCUT2D eigenvalue weighted by atomic mass is 127. The van der Waals surface area contributed by atoms with E-state index in [1.54, 1.807) is 18.2 Å². The van der Waals surface area contributed by atoms with Crippen molar-refractivity contribution < 1.29 is 13.2 Å². The number of rotatable bonds is 3. The highest BCUT2D eigenvalue weighted by molar-refractivity contribution is 14.1. The molecule has 0 aromatic heterocycles. The monoisotopic (exact) mass is 402 g/mol. The normalized spacial score (nSPS) is 17.7. The van der Waals surface area contributed by atoms with Gasteiger partial charge >= 0.3 is 10.2 Å². The number of morpholine rings is 1. The van der Waals surface area contributed by atoms with Crippen molar-refractivity contribution in [3.8, 4) is 0 Å². The average Bonchev–Trinajstić information content (AvgIpc) is 2.34. The predicted octanol–water partition coefficient (Wildman–Crippen LogP) is 1.93. The van der Waals surface area contributed by atoms with Crippen molar-refractivity contribution in [2.24, 2.45) is 0 Å². The summed E-state index contributed by atoms with van der Waals surface area (Å²) in [5.41, 5.74) is 0.392. The Balaban J connectivity index is 2.16. The first kappa shape index (κ1) is 14.3. The van der Waals surface area contributed by atoms with Gasteiger partial charge in [0, 0.05) is 16.7 Å². The first-order valence-corrected chi connectivity index (χ1v) is 8.19. The molecular formula is C10H12ClIN2O3S. The third kappa shape index (κ3) is 3.47. The summed E-state index contributed by atoms with van der Waals surface area (Å²) >= 11 is 8.11. The number of ether oxygens (including phenoxy) is 1. The van der Waals surface area contributed by atoms with Gasteiger partial charge in [0.25, 0.3) is 0 Å². The summed E-state index contributed by atoms with van der Waals surface area (Å²) in [4.78, 5) is 0. The molecule has 0 radical (unpaired) electrons. The fraction of sp³-hybridized carbons (Fsp3) is 0.400. The molecule has 1 aromatic rings. The molecule has 18 heavy (non-hydrogen) atoms. The van der Waals surface area contributed by atoms with Crippen LogP contribution >= 0.6 is 34.2 Å². The van der Waals surface area contributed by atoms with Crippen molar-refractivity contribution in [3.05, 3.63) is 26.8 Å². The van der Waals surface area contributed by atoms with Crippen LogP contribution in [0.4, 0.5) is 5.69 Å². The van der Waals surface area contributed by atoms with Crippen LogP contribution in [0.15, 0.2) is 18.2 Å². The molecule has 8 heteroatoms. The molecule has 1 N–H and O–H groups in total. The molecule has 100 valence electrons. The Labute approximate surface area is 125 Å². The van der Waals surface area contributed by atoms with E-state index >= 15 is 0 Å². The number of hydrogen-bond donors (Lipinski definition) is 1. The van der Waals surface area contributed by atoms with Crippen molar-refractivity contribution in [2.75, 3.05) is 31.0 Å². The number of halogens is 2. The maximum absolute atomic E-state index is 12.1. The lowest BCUT2D eigenvalue weighted by Gasteiger charge is -2.26. The molecule has 1 aliphatic rings. The second kappa shape index (κ2) is 5.91. The first-order chi connectivity index (χ1) is 8.49. The van der Waals surface area contributed by atoms with Crippen LogP contribution in [-0.2, 0) is 14.9 Å². The Bertz CT molecular complexity index is 532. The molecule has 1 aromatic carbocycles. The minimum absolute atomic E-state index is 0.358. The maximum Gasteiger partial charge on any atom is 0.301 e. The second-order valence-corrected chi connectivity index (χ2v) is 7.07. The largest absolute Gasteiger partial charge is 0.379 e. The Morgan fingerprint density at radius 3 is 2.61 bits per heavy atom. The minimum Gasteiger partial charge on any atom is -0.379 e. The summed E-state index contributed by atoms with van der Waals surface area (Å²) in [6, 6.07) is 5.16. The maximum atomic E-state index is 12.1. The summed E-state index contributed by atoms with van der Waals surface area (Å²) in [7, 11) is -3.56. The van der Waals surface area contributed by atoms with Gasteiger partial charge in [0.05, 0.1) is 23.9 Å². The van der Waals surface area contributed by atoms with Gasteiger partial charge in [-0.25, -0.2) is 0 Å². The van der Waals surface area contributed by atoms with Gasteiger partial charge in [-0.05, 0) is 40.8 Å². The molecule has 0 saturated carbocycles. The molecule has 0 aliphatic carbocycles. The van der Waals surface area contributed by atoms with Gasteiger partial charge in [-0.3, -0.25) is 4.72 Å². The van der Waals surface area contributed by atoms with Crippen molar-refractivity contribution in [1.29, 1.82) is 0 Å². The Morgan fingerprint density at radius 1 is 1.33 bits per heavy atom. The highest BCUT2D eigenvalue weighted by Crippen LogP contribution is 2.25. The van der Waals surface area contributed by atoms with Crippen LogP contribution in [0.25, 0.3) is 0 Å². The van der Waals surface area contributed by atoms with Gasteiger partial charge in [-0.15, -0.1) is 0 Å². The predicted molar refractivity (Wildman–Crippen MR) is 79.1 cm³/mol. The molecule has 0 bridgehead atoms. The van der Waals surface area contributed by atoms with E-state index in [1.165, 1.54) is 4.31 Å². The van der Waals surface area contributed by atoms with Crippen molar-refractivity contribution >= 4 is 50.1 Å². The van der Waals surface area contributed by atoms with Crippen LogP contribution in [-0.4, -0.2) is 39.0 Å². The third-order valence-corrected chi connectivity index (χ3v) is 4.99. The number of nitrogens with one attached hydrogen (secondary N) is 1. The average molecular weight is 403 g/mol. The van der Waals surface area contributed by atoms with Gasteiger partial charge in [-0.1, -0.05) is 11.6 Å². The highest BCUT2D eigenvalue weighted by Gasteiger charge is 2.24. The molecule has 1 aliphatic heterocycles. The zero-order valence-electron chi connectivity index (χ0n) is 9.40. The standard InChI is InChI=1S/C10H12ClIN2O3S/c11-9-7-8(12)1-2-10(9)13-18(15,16)14-3-5-17-6-4-14/h1-2,7,13H,3-6H2. The molecule has 5 nitrogen and oxygen atoms in total. The van der Waals surface area contributed by atoms with Crippen LogP contribution < -0.4 is 4.72 Å². The van der Waals surface area contributed by atoms with E-state index in [-0.39, 0.29) is 0 Å². The fourth-order valence-electron chi connectivity index (χ4n) is 1.56. The van der Waals surface area contributed by atoms with E-state index in [4.69, 9.17) is 16.3 Å². The number of hydrogen-bond acceptors (Lipinski definition) is 3. The topological polar surface area (TPSA) is 58.6 Å². The minimum atomic E-state index is -3.56. The van der Waals surface area contributed by atoms with E-state index in [1.807, 2.05) is 0 Å². The Hall–Kier alpha value is -0.0900. The molecule has 1 heterocycles. The van der Waals surface area contributed by atoms with Crippen LogP contribution in [0.5, 0.6) is 0 Å². The zero-order chi connectivity index (χ0) is 13.2. The van der Waals surface area contributed by atoms with Gasteiger partial charge in [0.1, 0.15) is 0 Å². The van der Waals surface area contributed by atoms with E-state index in [9.17, 15) is 8.42 Å². The van der Waals surface area contributed by atoms with Gasteiger partial charge in [0.15, 0.2) is 0 Å². The lowest BCUT2D eigenvalue weighted by Crippen LogP contribution is -2.43. The number of anilines is 1. The molecule has 0 amide bonds. The summed E-state index contributed by atoms with van der Waals surface area (Å²) in [5.74, 6) is 0. The van der Waals surface area contributed by atoms with Crippen LogP contribution in [0.2, 0.25) is 5.02 Å². The Kier molecular flexibility index (Phi) is 4.70. The summed E-state index contributed by atoms with van der Waals surface area (Å²) < 4.78 is 34.1. The summed E-state index contributed by atoms with van der Waals surface area (Å²) in [6.45, 7) is 1.55. The number of benzene rings is 1. The molecule has 2 rings (SSSR count). The molecule has 1 saturated heterocycles. The first-order valence-electron chi connectivity index (χ1n) is 5.30. The SMILES string of the molecule is O=S(=O)(Nc1ccc(I)cc1Cl)N1CCOCC1. The summed E-state index contributed by atoms with van der Waals surface area (Å²) in [5, 5.41) is 0.388. The van der Waals surface area contributed by atoms with Crippen molar-refractivity contribution in [1.82, 2.24) is 4.31 Å². The zero-order valence-corrected chi connectivity index (χ0v) is 13.1. The fourth-order valence-corrected chi connectivity index (χ4v) is 3.74. The lowest BCUT2D eigenvalue weighted by atomic mass is 10.3. The molecule has 0 unspecified atom stereocenters. The number of nitrogens with zero attached hydrogens (tertiary/aromatic N) is 1. The lowest BCUT2D eigenvalue weighted by molar-refractivity contribution is 0.0733. The molecular weight excluding hydrogens is 391 g/mol. The molecule has 1 fully saturated rings. The third-order valence-electron chi connectivity index (χ3n) is 2.48. The van der Waals surface area contributed by atoms with E-state index in [2.05, 4.69) is 27.3 Å². The van der Waals surface area contributed by atoms with Crippen LogP contribution in [0.1, 0.15) is 0 Å². The quantitative estimate of drug-likeness (QED) is 0.786. The summed E-state index contributed by atoms with van der Waals surface area (Å²) in [6.07, 6.45) is 0. The van der Waals surface area contributed by atoms with E-state index in [0.29, 0.717) is 37.0 Å². The van der Waals surface area contributed by atoms with E-state index in [0.717, 1.165) is 3.57 Å². The van der Waals surface area contributed by atoms with E-state index < -0.39 is 10.2 Å². The van der Waals surface area contributed by atoms with Gasteiger partial charge in [0.2, 0.25) is 0 Å². The second-order valence-electron chi connectivity index (χ2n) is 3.74. The van der Waals surface area contributed by atoms with Crippen LogP contribution in [0.3, 0.4) is 0 Å².